The molecule has 0 aliphatic heterocycles. The van der Waals surface area contributed by atoms with E-state index in [1.165, 1.54) is 35.3 Å². The lowest BCUT2D eigenvalue weighted by Crippen LogP contribution is -2.34. The molecular formula is C19H16N2O2S. The van der Waals surface area contributed by atoms with Gasteiger partial charge in [0.1, 0.15) is 4.83 Å². The highest BCUT2D eigenvalue weighted by Crippen LogP contribution is 2.33. The molecule has 4 rings (SSSR count). The summed E-state index contributed by atoms with van der Waals surface area (Å²) in [6.45, 7) is -0.0242. The lowest BCUT2D eigenvalue weighted by molar-refractivity contribution is 0.686. The van der Waals surface area contributed by atoms with Crippen molar-refractivity contribution in [2.45, 2.75) is 32.2 Å². The summed E-state index contributed by atoms with van der Waals surface area (Å²) in [5, 5.41) is 2.48. The van der Waals surface area contributed by atoms with Crippen molar-refractivity contribution in [1.82, 2.24) is 9.55 Å². The van der Waals surface area contributed by atoms with Crippen LogP contribution < -0.4 is 11.2 Å². The number of hydrogen-bond acceptors (Lipinski definition) is 3. The molecule has 1 aromatic carbocycles. The summed E-state index contributed by atoms with van der Waals surface area (Å²) >= 11 is 1.38. The average molecular weight is 336 g/mol. The molecule has 24 heavy (non-hydrogen) atoms. The molecule has 2 aromatic heterocycles. The number of benzene rings is 1. The zero-order valence-electron chi connectivity index (χ0n) is 13.1. The van der Waals surface area contributed by atoms with Gasteiger partial charge in [0.2, 0.25) is 0 Å². The maximum atomic E-state index is 12.7. The molecule has 0 fully saturated rings. The Morgan fingerprint density at radius 2 is 2.00 bits per heavy atom. The Hall–Kier alpha value is -2.58. The second-order valence-corrected chi connectivity index (χ2v) is 6.95. The number of nitrogens with one attached hydrogen (secondary N) is 1. The fourth-order valence-electron chi connectivity index (χ4n) is 3.40. The van der Waals surface area contributed by atoms with E-state index in [1.54, 1.807) is 0 Å². The second-order valence-electron chi connectivity index (χ2n) is 6.07. The molecule has 120 valence electrons. The third-order valence-electron chi connectivity index (χ3n) is 4.62. The van der Waals surface area contributed by atoms with Gasteiger partial charge < -0.3 is 0 Å². The Bertz CT molecular complexity index is 1100. The molecule has 0 amide bonds. The third kappa shape index (κ3) is 2.31. The summed E-state index contributed by atoms with van der Waals surface area (Å²) in [5.74, 6) is 2.37. The van der Waals surface area contributed by atoms with Gasteiger partial charge in [-0.15, -0.1) is 17.8 Å². The largest absolute Gasteiger partial charge is 0.330 e. The lowest BCUT2D eigenvalue weighted by Gasteiger charge is -2.16. The van der Waals surface area contributed by atoms with E-state index in [0.717, 1.165) is 28.5 Å². The molecule has 1 aliphatic carbocycles. The van der Waals surface area contributed by atoms with Gasteiger partial charge in [0.25, 0.3) is 5.56 Å². The van der Waals surface area contributed by atoms with Gasteiger partial charge in [-0.2, -0.15) is 0 Å². The highest BCUT2D eigenvalue weighted by Gasteiger charge is 2.16. The number of aromatic nitrogens is 2. The molecule has 4 nitrogen and oxygen atoms in total. The van der Waals surface area contributed by atoms with Crippen molar-refractivity contribution >= 4 is 21.6 Å². The minimum Gasteiger partial charge on any atom is -0.298 e. The summed E-state index contributed by atoms with van der Waals surface area (Å²) < 4.78 is 1.08. The molecule has 0 spiro atoms. The first-order valence-electron chi connectivity index (χ1n) is 7.99. The van der Waals surface area contributed by atoms with Gasteiger partial charge in [0, 0.05) is 10.9 Å². The van der Waals surface area contributed by atoms with Crippen LogP contribution in [0.25, 0.3) is 21.3 Å². The fraction of sp³-hybridized carbons (Fsp3) is 0.263. The minimum atomic E-state index is -0.454. The Morgan fingerprint density at radius 3 is 2.79 bits per heavy atom. The van der Waals surface area contributed by atoms with Gasteiger partial charge in [-0.1, -0.05) is 24.1 Å². The standard InChI is InChI=1S/C19H16N2O2S/c1-2-9-21-18(22)16-15(11-24-17(16)20-19(21)23)14-8-7-12-5-3-4-6-13(12)10-14/h1,7-8,10-11H,3-6,9H2,(H,20,23). The van der Waals surface area contributed by atoms with Crippen LogP contribution in [-0.2, 0) is 19.4 Å². The number of terminal acetylenes is 1. The molecule has 0 radical (unpaired) electrons. The molecule has 2 heterocycles. The number of aromatic amines is 1. The number of rotatable bonds is 2. The van der Waals surface area contributed by atoms with E-state index >= 15 is 0 Å². The van der Waals surface area contributed by atoms with Gasteiger partial charge in [-0.3, -0.25) is 9.78 Å². The monoisotopic (exact) mass is 336 g/mol. The fourth-order valence-corrected chi connectivity index (χ4v) is 4.35. The number of H-pyrrole nitrogens is 1. The van der Waals surface area contributed by atoms with E-state index in [4.69, 9.17) is 6.42 Å². The van der Waals surface area contributed by atoms with E-state index in [2.05, 4.69) is 29.1 Å². The second kappa shape index (κ2) is 5.81. The number of hydrogen-bond donors (Lipinski definition) is 1. The molecule has 1 aliphatic rings. The maximum Gasteiger partial charge on any atom is 0.330 e. The summed E-state index contributed by atoms with van der Waals surface area (Å²) in [5.41, 5.74) is 3.90. The average Bonchev–Trinajstić information content (AvgIpc) is 3.02. The third-order valence-corrected chi connectivity index (χ3v) is 5.52. The van der Waals surface area contributed by atoms with Crippen molar-refractivity contribution in [3.8, 4) is 23.5 Å². The van der Waals surface area contributed by atoms with E-state index in [0.29, 0.717) is 10.2 Å². The molecule has 5 heteroatoms. The van der Waals surface area contributed by atoms with Crippen molar-refractivity contribution in [2.75, 3.05) is 0 Å². The molecule has 0 unspecified atom stereocenters. The topological polar surface area (TPSA) is 54.9 Å². The minimum absolute atomic E-state index is 0.0242. The van der Waals surface area contributed by atoms with Gasteiger partial charge in [0.05, 0.1) is 11.9 Å². The summed E-state index contributed by atoms with van der Waals surface area (Å²) in [6.07, 6.45) is 9.95. The van der Waals surface area contributed by atoms with Crippen LogP contribution in [0.1, 0.15) is 24.0 Å². The highest BCUT2D eigenvalue weighted by molar-refractivity contribution is 7.17. The zero-order chi connectivity index (χ0) is 16.7. The first-order chi connectivity index (χ1) is 11.7. The van der Waals surface area contributed by atoms with Crippen molar-refractivity contribution < 1.29 is 0 Å². The molecule has 3 aromatic rings. The van der Waals surface area contributed by atoms with E-state index in [-0.39, 0.29) is 12.1 Å². The molecule has 0 bridgehead atoms. The first-order valence-corrected chi connectivity index (χ1v) is 8.87. The normalized spacial score (nSPS) is 13.6. The number of fused-ring (bicyclic) bond motifs is 2. The van der Waals surface area contributed by atoms with Crippen LogP contribution in [0.4, 0.5) is 0 Å². The summed E-state index contributed by atoms with van der Waals surface area (Å²) in [4.78, 5) is 28.1. The van der Waals surface area contributed by atoms with Crippen LogP contribution in [0.3, 0.4) is 0 Å². The zero-order valence-corrected chi connectivity index (χ0v) is 13.9. The molecule has 0 atom stereocenters. The van der Waals surface area contributed by atoms with Gasteiger partial charge in [-0.05, 0) is 42.4 Å². The van der Waals surface area contributed by atoms with Crippen LogP contribution in [-0.4, -0.2) is 9.55 Å². The van der Waals surface area contributed by atoms with E-state index < -0.39 is 5.69 Å². The SMILES string of the molecule is C#CCn1c(=O)[nH]c2scc(-c3ccc4c(c3)CCCC4)c2c1=O. The molecule has 0 saturated carbocycles. The number of aryl methyl sites for hydroxylation is 2. The summed E-state index contributed by atoms with van der Waals surface area (Å²) in [6, 6.07) is 6.42. The van der Waals surface area contributed by atoms with Crippen molar-refractivity contribution in [3.05, 3.63) is 55.5 Å². The quantitative estimate of drug-likeness (QED) is 0.732. The molecular weight excluding hydrogens is 320 g/mol. The summed E-state index contributed by atoms with van der Waals surface area (Å²) in [7, 11) is 0. The van der Waals surface area contributed by atoms with Crippen LogP contribution in [0, 0.1) is 12.3 Å². The first kappa shape index (κ1) is 15.0. The smallest absolute Gasteiger partial charge is 0.298 e. The van der Waals surface area contributed by atoms with Gasteiger partial charge in [0.15, 0.2) is 0 Å². The van der Waals surface area contributed by atoms with Crippen LogP contribution in [0.5, 0.6) is 0 Å². The van der Waals surface area contributed by atoms with E-state index in [1.807, 2.05) is 5.38 Å². The highest BCUT2D eigenvalue weighted by atomic mass is 32.1. The number of nitrogens with zero attached hydrogens (tertiary/aromatic N) is 1. The van der Waals surface area contributed by atoms with Crippen molar-refractivity contribution in [2.24, 2.45) is 0 Å². The van der Waals surface area contributed by atoms with Crippen molar-refractivity contribution in [1.29, 1.82) is 0 Å². The van der Waals surface area contributed by atoms with Crippen LogP contribution in [0.15, 0.2) is 33.2 Å². The Morgan fingerprint density at radius 1 is 1.21 bits per heavy atom. The van der Waals surface area contributed by atoms with Gasteiger partial charge >= 0.3 is 5.69 Å². The van der Waals surface area contributed by atoms with Crippen LogP contribution in [0.2, 0.25) is 0 Å². The van der Waals surface area contributed by atoms with E-state index in [9.17, 15) is 9.59 Å². The predicted molar refractivity (Wildman–Crippen MR) is 97.6 cm³/mol. The molecule has 0 saturated heterocycles. The Labute approximate surface area is 142 Å². The predicted octanol–water partition coefficient (Wildman–Crippen LogP) is 2.93. The number of thiophene rings is 1. The van der Waals surface area contributed by atoms with Crippen LogP contribution >= 0.6 is 11.3 Å². The Kier molecular flexibility index (Phi) is 3.62. The van der Waals surface area contributed by atoms with Crippen molar-refractivity contribution in [3.63, 3.8) is 0 Å². The maximum absolute atomic E-state index is 12.7. The molecule has 1 N–H and O–H groups in total. The lowest BCUT2D eigenvalue weighted by atomic mass is 9.89. The Balaban J connectivity index is 1.95. The van der Waals surface area contributed by atoms with Gasteiger partial charge in [-0.25, -0.2) is 9.36 Å².